The molecule has 1 aromatic heterocycles. The molecule has 1 N–H and O–H groups in total. The third-order valence-electron chi connectivity index (χ3n) is 3.20. The minimum Gasteiger partial charge on any atom is -0.365 e. The molecule has 96 valence electrons. The Hall–Kier alpha value is -1.80. The Morgan fingerprint density at radius 1 is 1.47 bits per heavy atom. The van der Waals surface area contributed by atoms with Crippen molar-refractivity contribution in [2.75, 3.05) is 5.32 Å². The second-order valence-electron chi connectivity index (χ2n) is 4.67. The fourth-order valence-electron chi connectivity index (χ4n) is 2.11. The summed E-state index contributed by atoms with van der Waals surface area (Å²) in [6.07, 6.45) is 5.95. The lowest BCUT2D eigenvalue weighted by molar-refractivity contribution is 0.684. The van der Waals surface area contributed by atoms with Crippen LogP contribution in [0.1, 0.15) is 30.6 Å². The van der Waals surface area contributed by atoms with Gasteiger partial charge in [-0.3, -0.25) is 0 Å². The van der Waals surface area contributed by atoms with Gasteiger partial charge in [-0.1, -0.05) is 22.0 Å². The van der Waals surface area contributed by atoms with Crippen molar-refractivity contribution >= 4 is 21.6 Å². The normalized spacial score (nSPS) is 15.8. The first kappa shape index (κ1) is 12.2. The molecule has 19 heavy (non-hydrogen) atoms. The van der Waals surface area contributed by atoms with Gasteiger partial charge in [-0.25, -0.2) is 4.98 Å². The number of hydrogen-bond donors (Lipinski definition) is 1. The zero-order valence-corrected chi connectivity index (χ0v) is 11.8. The first-order valence-electron chi connectivity index (χ1n) is 6.21. The lowest BCUT2D eigenvalue weighted by Crippen LogP contribution is -2.13. The Morgan fingerprint density at radius 3 is 3.00 bits per heavy atom. The van der Waals surface area contributed by atoms with Gasteiger partial charge in [0.15, 0.2) is 6.04 Å². The number of hydrogen-bond acceptors (Lipinski definition) is 3. The number of nitriles is 1. The van der Waals surface area contributed by atoms with Crippen LogP contribution < -0.4 is 5.32 Å². The first-order chi connectivity index (χ1) is 9.28. The second kappa shape index (κ2) is 5.06. The number of anilines is 1. The van der Waals surface area contributed by atoms with Crippen molar-refractivity contribution in [3.05, 3.63) is 47.0 Å². The summed E-state index contributed by atoms with van der Waals surface area (Å²) in [5.74, 6) is 0. The van der Waals surface area contributed by atoms with Crippen molar-refractivity contribution in [3.8, 4) is 6.07 Å². The topological polar surface area (TPSA) is 53.6 Å². The summed E-state index contributed by atoms with van der Waals surface area (Å²) in [6.45, 7) is 0. The molecule has 1 saturated carbocycles. The van der Waals surface area contributed by atoms with Crippen LogP contribution in [0, 0.1) is 11.3 Å². The summed E-state index contributed by atoms with van der Waals surface area (Å²) in [5.41, 5.74) is 1.86. The molecular weight excluding hydrogens is 304 g/mol. The van der Waals surface area contributed by atoms with E-state index in [-0.39, 0.29) is 6.04 Å². The highest BCUT2D eigenvalue weighted by Crippen LogP contribution is 2.37. The molecule has 5 heteroatoms. The molecule has 1 aliphatic carbocycles. The van der Waals surface area contributed by atoms with Gasteiger partial charge in [-0.2, -0.15) is 5.26 Å². The monoisotopic (exact) mass is 316 g/mol. The molecule has 0 bridgehead atoms. The van der Waals surface area contributed by atoms with E-state index in [4.69, 9.17) is 0 Å². The van der Waals surface area contributed by atoms with Gasteiger partial charge >= 0.3 is 0 Å². The first-order valence-corrected chi connectivity index (χ1v) is 7.00. The second-order valence-corrected chi connectivity index (χ2v) is 5.59. The number of benzene rings is 1. The van der Waals surface area contributed by atoms with E-state index in [1.54, 1.807) is 6.20 Å². The van der Waals surface area contributed by atoms with Crippen LogP contribution in [0.4, 0.5) is 5.69 Å². The van der Waals surface area contributed by atoms with Crippen molar-refractivity contribution in [2.24, 2.45) is 0 Å². The lowest BCUT2D eigenvalue weighted by Gasteiger charge is -2.15. The maximum atomic E-state index is 9.39. The molecule has 1 aromatic carbocycles. The minimum atomic E-state index is -0.377. The van der Waals surface area contributed by atoms with Gasteiger partial charge in [0.25, 0.3) is 0 Å². The van der Waals surface area contributed by atoms with E-state index in [9.17, 15) is 5.26 Å². The van der Waals surface area contributed by atoms with Crippen molar-refractivity contribution < 1.29 is 0 Å². The van der Waals surface area contributed by atoms with Crippen LogP contribution >= 0.6 is 15.9 Å². The van der Waals surface area contributed by atoms with E-state index < -0.39 is 0 Å². The van der Waals surface area contributed by atoms with Crippen LogP contribution in [0.5, 0.6) is 0 Å². The molecule has 1 heterocycles. The predicted molar refractivity (Wildman–Crippen MR) is 76.6 cm³/mol. The Balaban J connectivity index is 1.84. The molecule has 0 aliphatic heterocycles. The quantitative estimate of drug-likeness (QED) is 0.936. The summed E-state index contributed by atoms with van der Waals surface area (Å²) in [5, 5.41) is 12.6. The van der Waals surface area contributed by atoms with Gasteiger partial charge in [0.1, 0.15) is 0 Å². The number of nitrogens with zero attached hydrogens (tertiary/aromatic N) is 3. The SMILES string of the molecule is N#CC(Nc1cccc(Br)c1)c1cncn1C1CC1. The smallest absolute Gasteiger partial charge is 0.156 e. The maximum Gasteiger partial charge on any atom is 0.156 e. The molecule has 1 fully saturated rings. The summed E-state index contributed by atoms with van der Waals surface area (Å²) >= 11 is 3.43. The molecule has 1 atom stereocenters. The zero-order valence-electron chi connectivity index (χ0n) is 10.3. The number of rotatable bonds is 4. The van der Waals surface area contributed by atoms with E-state index in [1.165, 1.54) is 12.8 Å². The maximum absolute atomic E-state index is 9.39. The Labute approximate surface area is 120 Å². The van der Waals surface area contributed by atoms with Crippen LogP contribution in [-0.4, -0.2) is 9.55 Å². The fraction of sp³-hybridized carbons (Fsp3) is 0.286. The average Bonchev–Trinajstić information content (AvgIpc) is 3.14. The van der Waals surface area contributed by atoms with Crippen molar-refractivity contribution in [2.45, 2.75) is 24.9 Å². The highest BCUT2D eigenvalue weighted by molar-refractivity contribution is 9.10. The van der Waals surface area contributed by atoms with Crippen LogP contribution in [0.25, 0.3) is 0 Å². The van der Waals surface area contributed by atoms with Gasteiger partial charge in [-0.05, 0) is 31.0 Å². The van der Waals surface area contributed by atoms with E-state index >= 15 is 0 Å². The summed E-state index contributed by atoms with van der Waals surface area (Å²) in [7, 11) is 0. The lowest BCUT2D eigenvalue weighted by atomic mass is 10.2. The van der Waals surface area contributed by atoms with Crippen molar-refractivity contribution in [1.82, 2.24) is 9.55 Å². The summed E-state index contributed by atoms with van der Waals surface area (Å²) in [4.78, 5) is 4.17. The molecule has 4 nitrogen and oxygen atoms in total. The van der Waals surface area contributed by atoms with Crippen LogP contribution in [-0.2, 0) is 0 Å². The van der Waals surface area contributed by atoms with Gasteiger partial charge in [0.2, 0.25) is 0 Å². The van der Waals surface area contributed by atoms with Crippen LogP contribution in [0.15, 0.2) is 41.3 Å². The van der Waals surface area contributed by atoms with Gasteiger partial charge in [0.05, 0.1) is 24.3 Å². The van der Waals surface area contributed by atoms with Crippen molar-refractivity contribution in [1.29, 1.82) is 5.26 Å². The molecule has 3 rings (SSSR count). The Bertz CT molecular complexity index is 624. The highest BCUT2D eigenvalue weighted by atomic mass is 79.9. The van der Waals surface area contributed by atoms with E-state index in [1.807, 2.05) is 30.6 Å². The van der Waals surface area contributed by atoms with Gasteiger partial charge < -0.3 is 9.88 Å². The number of nitrogens with one attached hydrogen (secondary N) is 1. The standard InChI is InChI=1S/C14H13BrN4/c15-10-2-1-3-11(6-10)18-13(7-16)14-8-17-9-19(14)12-4-5-12/h1-3,6,8-9,12-13,18H,4-5H2. The fourth-order valence-corrected chi connectivity index (χ4v) is 2.51. The van der Waals surface area contributed by atoms with E-state index in [0.29, 0.717) is 6.04 Å². The number of imidazole rings is 1. The molecule has 0 saturated heterocycles. The third kappa shape index (κ3) is 2.64. The molecule has 0 amide bonds. The molecular formula is C14H13BrN4. The Morgan fingerprint density at radius 2 is 2.32 bits per heavy atom. The van der Waals surface area contributed by atoms with Crippen molar-refractivity contribution in [3.63, 3.8) is 0 Å². The molecule has 2 aromatic rings. The minimum absolute atomic E-state index is 0.377. The average molecular weight is 317 g/mol. The number of halogens is 1. The van der Waals surface area contributed by atoms with E-state index in [2.05, 4.69) is 36.9 Å². The Kier molecular flexibility index (Phi) is 3.26. The molecule has 1 aliphatic rings. The molecule has 0 radical (unpaired) electrons. The molecule has 1 unspecified atom stereocenters. The largest absolute Gasteiger partial charge is 0.365 e. The number of aromatic nitrogens is 2. The van der Waals surface area contributed by atoms with Gasteiger partial charge in [-0.15, -0.1) is 0 Å². The highest BCUT2D eigenvalue weighted by Gasteiger charge is 2.27. The molecule has 0 spiro atoms. The van der Waals surface area contributed by atoms with Gasteiger partial charge in [0, 0.05) is 16.2 Å². The predicted octanol–water partition coefficient (Wildman–Crippen LogP) is 3.66. The van der Waals surface area contributed by atoms with Crippen LogP contribution in [0.3, 0.4) is 0 Å². The zero-order chi connectivity index (χ0) is 13.2. The van der Waals surface area contributed by atoms with Crippen LogP contribution in [0.2, 0.25) is 0 Å². The summed E-state index contributed by atoms with van der Waals surface area (Å²) in [6, 6.07) is 10.3. The third-order valence-corrected chi connectivity index (χ3v) is 3.69. The summed E-state index contributed by atoms with van der Waals surface area (Å²) < 4.78 is 3.10. The van der Waals surface area contributed by atoms with E-state index in [0.717, 1.165) is 15.9 Å².